The van der Waals surface area contributed by atoms with Gasteiger partial charge in [-0.05, 0) is 24.9 Å². The van der Waals surface area contributed by atoms with E-state index in [1.165, 1.54) is 35.5 Å². The Labute approximate surface area is 112 Å². The summed E-state index contributed by atoms with van der Waals surface area (Å²) in [5.41, 5.74) is 12.9. The highest BCUT2D eigenvalue weighted by Gasteiger charge is 2.25. The monoisotopic (exact) mass is 267 g/mol. The second-order valence-electron chi connectivity index (χ2n) is 4.84. The van der Waals surface area contributed by atoms with Gasteiger partial charge in [-0.2, -0.15) is 0 Å². The van der Waals surface area contributed by atoms with Crippen LogP contribution in [0.25, 0.3) is 0 Å². The first kappa shape index (κ1) is 13.4. The van der Waals surface area contributed by atoms with Gasteiger partial charge in [0.05, 0.1) is 10.6 Å². The summed E-state index contributed by atoms with van der Waals surface area (Å²) < 4.78 is 0. The van der Waals surface area contributed by atoms with Crippen molar-refractivity contribution in [3.8, 4) is 0 Å². The Hall–Kier alpha value is -1.07. The number of nitrogens with two attached hydrogens (primary N) is 2. The number of hydrogen-bond donors (Lipinski definition) is 2. The molecule has 0 saturated carbocycles. The van der Waals surface area contributed by atoms with Gasteiger partial charge in [-0.25, -0.2) is 0 Å². The number of nitrogen functional groups attached to an aromatic ring is 1. The molecule has 0 radical (unpaired) electrons. The van der Waals surface area contributed by atoms with Gasteiger partial charge in [0.1, 0.15) is 0 Å². The van der Waals surface area contributed by atoms with Crippen molar-refractivity contribution in [3.05, 3.63) is 16.0 Å². The normalized spacial score (nSPS) is 15.6. The van der Waals surface area contributed by atoms with Crippen molar-refractivity contribution in [2.75, 3.05) is 18.8 Å². The second kappa shape index (κ2) is 5.71. The van der Waals surface area contributed by atoms with Crippen molar-refractivity contribution in [2.24, 2.45) is 5.73 Å². The molecule has 1 aromatic rings. The average Bonchev–Trinajstić information content (AvgIpc) is 2.64. The number of nitrogens with zero attached hydrogens (tertiary/aromatic N) is 1. The number of amides is 1. The van der Waals surface area contributed by atoms with Gasteiger partial charge < -0.3 is 11.5 Å². The molecule has 1 aliphatic rings. The zero-order chi connectivity index (χ0) is 13.1. The third-order valence-corrected chi connectivity index (χ3v) is 4.53. The highest BCUT2D eigenvalue weighted by molar-refractivity contribution is 7.16. The van der Waals surface area contributed by atoms with E-state index >= 15 is 0 Å². The highest BCUT2D eigenvalue weighted by atomic mass is 32.1. The standard InChI is InChI=1S/C13H21N3OS/c1-2-3-4-6-16-7-5-9-10(8-16)18-13(15)11(9)12(14)17/h2-8,15H2,1H3,(H2,14,17). The lowest BCUT2D eigenvalue weighted by molar-refractivity contribution is 0.1000. The summed E-state index contributed by atoms with van der Waals surface area (Å²) in [4.78, 5) is 15.1. The maximum absolute atomic E-state index is 11.4. The molecule has 0 fully saturated rings. The fourth-order valence-corrected chi connectivity index (χ4v) is 3.69. The number of carbonyl (C=O) groups excluding carboxylic acids is 1. The van der Waals surface area contributed by atoms with Crippen LogP contribution in [0, 0.1) is 0 Å². The van der Waals surface area contributed by atoms with Crippen molar-refractivity contribution in [3.63, 3.8) is 0 Å². The largest absolute Gasteiger partial charge is 0.390 e. The van der Waals surface area contributed by atoms with Crippen LogP contribution in [0.5, 0.6) is 0 Å². The Morgan fingerprint density at radius 2 is 2.22 bits per heavy atom. The summed E-state index contributed by atoms with van der Waals surface area (Å²) in [6.07, 6.45) is 4.67. The number of primary amides is 1. The number of carbonyl (C=O) groups is 1. The zero-order valence-corrected chi connectivity index (χ0v) is 11.7. The third-order valence-electron chi connectivity index (χ3n) is 3.49. The SMILES string of the molecule is CCCCCN1CCc2c(sc(N)c2C(N)=O)C1. The first-order valence-electron chi connectivity index (χ1n) is 6.55. The van der Waals surface area contributed by atoms with Gasteiger partial charge in [0.15, 0.2) is 0 Å². The van der Waals surface area contributed by atoms with E-state index in [-0.39, 0.29) is 5.91 Å². The van der Waals surface area contributed by atoms with Gasteiger partial charge in [-0.1, -0.05) is 19.8 Å². The topological polar surface area (TPSA) is 72.3 Å². The summed E-state index contributed by atoms with van der Waals surface area (Å²) in [6, 6.07) is 0. The fraction of sp³-hybridized carbons (Fsp3) is 0.615. The average molecular weight is 267 g/mol. The van der Waals surface area contributed by atoms with Crippen molar-refractivity contribution in [1.29, 1.82) is 0 Å². The van der Waals surface area contributed by atoms with Gasteiger partial charge in [0, 0.05) is 18.0 Å². The van der Waals surface area contributed by atoms with Crippen LogP contribution in [-0.4, -0.2) is 23.9 Å². The quantitative estimate of drug-likeness (QED) is 0.801. The number of thiophene rings is 1. The molecule has 2 rings (SSSR count). The minimum atomic E-state index is -0.385. The lowest BCUT2D eigenvalue weighted by atomic mass is 10.0. The predicted molar refractivity (Wildman–Crippen MR) is 75.8 cm³/mol. The molecule has 0 aliphatic carbocycles. The smallest absolute Gasteiger partial charge is 0.251 e. The summed E-state index contributed by atoms with van der Waals surface area (Å²) in [5, 5.41) is 0.586. The summed E-state index contributed by atoms with van der Waals surface area (Å²) in [6.45, 7) is 5.28. The van der Waals surface area contributed by atoms with Crippen molar-refractivity contribution >= 4 is 22.2 Å². The Morgan fingerprint density at radius 1 is 1.44 bits per heavy atom. The Bertz CT molecular complexity index is 442. The maximum atomic E-state index is 11.4. The molecule has 2 heterocycles. The minimum Gasteiger partial charge on any atom is -0.390 e. The van der Waals surface area contributed by atoms with Crippen LogP contribution in [-0.2, 0) is 13.0 Å². The van der Waals surface area contributed by atoms with Crippen LogP contribution >= 0.6 is 11.3 Å². The number of hydrogen-bond acceptors (Lipinski definition) is 4. The number of unbranched alkanes of at least 4 members (excludes halogenated alkanes) is 2. The van der Waals surface area contributed by atoms with Gasteiger partial charge in [0.2, 0.25) is 0 Å². The molecule has 18 heavy (non-hydrogen) atoms. The molecule has 4 N–H and O–H groups in total. The zero-order valence-electron chi connectivity index (χ0n) is 10.9. The third kappa shape index (κ3) is 2.67. The minimum absolute atomic E-state index is 0.385. The van der Waals surface area contributed by atoms with E-state index in [2.05, 4.69) is 11.8 Å². The first-order chi connectivity index (χ1) is 8.63. The molecule has 0 unspecified atom stereocenters. The van der Waals surface area contributed by atoms with Gasteiger partial charge in [-0.15, -0.1) is 11.3 Å². The molecule has 0 aromatic carbocycles. The first-order valence-corrected chi connectivity index (χ1v) is 7.37. The molecule has 1 amide bonds. The number of rotatable bonds is 5. The lowest BCUT2D eigenvalue weighted by Crippen LogP contribution is -2.31. The van der Waals surface area contributed by atoms with E-state index in [4.69, 9.17) is 11.5 Å². The summed E-state index contributed by atoms with van der Waals surface area (Å²) >= 11 is 1.52. The maximum Gasteiger partial charge on any atom is 0.251 e. The molecule has 1 aliphatic heterocycles. The van der Waals surface area contributed by atoms with E-state index in [9.17, 15) is 4.79 Å². The molecule has 0 bridgehead atoms. The summed E-state index contributed by atoms with van der Waals surface area (Å²) in [7, 11) is 0. The van der Waals surface area contributed by atoms with E-state index in [1.54, 1.807) is 0 Å². The van der Waals surface area contributed by atoms with Crippen LogP contribution in [0.4, 0.5) is 5.00 Å². The predicted octanol–water partition coefficient (Wildman–Crippen LogP) is 1.98. The van der Waals surface area contributed by atoms with Gasteiger partial charge >= 0.3 is 0 Å². The van der Waals surface area contributed by atoms with Crippen molar-refractivity contribution in [1.82, 2.24) is 4.90 Å². The van der Waals surface area contributed by atoms with Crippen LogP contribution in [0.15, 0.2) is 0 Å². The van der Waals surface area contributed by atoms with E-state index in [0.29, 0.717) is 10.6 Å². The number of anilines is 1. The van der Waals surface area contributed by atoms with E-state index in [0.717, 1.165) is 31.6 Å². The highest BCUT2D eigenvalue weighted by Crippen LogP contribution is 2.34. The molecule has 5 heteroatoms. The van der Waals surface area contributed by atoms with E-state index in [1.807, 2.05) is 0 Å². The van der Waals surface area contributed by atoms with E-state index < -0.39 is 0 Å². The van der Waals surface area contributed by atoms with Crippen LogP contribution < -0.4 is 11.5 Å². The lowest BCUT2D eigenvalue weighted by Gasteiger charge is -2.26. The van der Waals surface area contributed by atoms with Gasteiger partial charge in [-0.3, -0.25) is 9.69 Å². The van der Waals surface area contributed by atoms with Gasteiger partial charge in [0.25, 0.3) is 5.91 Å². The molecular formula is C13H21N3OS. The molecule has 0 spiro atoms. The fourth-order valence-electron chi connectivity index (χ4n) is 2.52. The molecule has 100 valence electrons. The molecule has 1 aromatic heterocycles. The van der Waals surface area contributed by atoms with Crippen molar-refractivity contribution < 1.29 is 4.79 Å². The van der Waals surface area contributed by atoms with Crippen molar-refractivity contribution in [2.45, 2.75) is 39.2 Å². The molecular weight excluding hydrogens is 246 g/mol. The Balaban J connectivity index is 2.06. The Kier molecular flexibility index (Phi) is 4.24. The molecule has 4 nitrogen and oxygen atoms in total. The van der Waals surface area contributed by atoms with Crippen LogP contribution in [0.2, 0.25) is 0 Å². The molecule has 0 saturated heterocycles. The molecule has 0 atom stereocenters. The second-order valence-corrected chi connectivity index (χ2v) is 5.98. The van der Waals surface area contributed by atoms with Crippen LogP contribution in [0.1, 0.15) is 47.0 Å². The Morgan fingerprint density at radius 3 is 2.89 bits per heavy atom. The number of fused-ring (bicyclic) bond motifs is 1. The summed E-state index contributed by atoms with van der Waals surface area (Å²) in [5.74, 6) is -0.385. The van der Waals surface area contributed by atoms with Crippen LogP contribution in [0.3, 0.4) is 0 Å².